The van der Waals surface area contributed by atoms with E-state index in [4.69, 9.17) is 4.52 Å². The van der Waals surface area contributed by atoms with Crippen LogP contribution >= 0.6 is 0 Å². The highest BCUT2D eigenvalue weighted by Gasteiger charge is 2.48. The van der Waals surface area contributed by atoms with E-state index in [9.17, 15) is 24.3 Å². The molecule has 1 aliphatic rings. The standard InChI is InChI=1S/C28H38N4O6/c1-6-7-13-22(25(34)26(35)29-19(3)20-11-9-8-10-12-20)32(27(36)37)23-16-28(4,5)17-31(23)24(33)15-21-14-18(2)30-38-21/h8-12,14,19,22-23H,6-7,13,15-17H2,1-5H3,(H,29,35)(H,36,37)/t19-,22?,23?/m1/s1. The number of aryl methyl sites for hydroxylation is 1. The second-order valence-corrected chi connectivity index (χ2v) is 10.8. The van der Waals surface area contributed by atoms with Crippen molar-refractivity contribution < 1.29 is 28.8 Å². The van der Waals surface area contributed by atoms with Gasteiger partial charge in [0.1, 0.15) is 18.0 Å². The molecule has 0 bridgehead atoms. The molecule has 0 spiro atoms. The summed E-state index contributed by atoms with van der Waals surface area (Å²) in [7, 11) is 0. The topological polar surface area (TPSA) is 133 Å². The fourth-order valence-corrected chi connectivity index (χ4v) is 5.00. The fraction of sp³-hybridized carbons (Fsp3) is 0.536. The number of hydrogen-bond acceptors (Lipinski definition) is 6. The van der Waals surface area contributed by atoms with E-state index in [1.54, 1.807) is 19.9 Å². The van der Waals surface area contributed by atoms with E-state index in [1.165, 1.54) is 4.90 Å². The monoisotopic (exact) mass is 526 g/mol. The summed E-state index contributed by atoms with van der Waals surface area (Å²) >= 11 is 0. The molecule has 2 aromatic rings. The molecule has 1 aliphatic heterocycles. The Hall–Kier alpha value is -3.69. The van der Waals surface area contributed by atoms with E-state index in [0.29, 0.717) is 37.3 Å². The van der Waals surface area contributed by atoms with Gasteiger partial charge in [0.15, 0.2) is 0 Å². The molecule has 0 radical (unpaired) electrons. The van der Waals surface area contributed by atoms with Crippen LogP contribution < -0.4 is 5.32 Å². The zero-order chi connectivity index (χ0) is 28.0. The Labute approximate surface area is 223 Å². The Balaban J connectivity index is 1.88. The highest BCUT2D eigenvalue weighted by Crippen LogP contribution is 2.37. The first-order chi connectivity index (χ1) is 17.9. The van der Waals surface area contributed by atoms with Gasteiger partial charge < -0.3 is 19.8 Å². The minimum atomic E-state index is -1.35. The van der Waals surface area contributed by atoms with Crippen LogP contribution in [-0.2, 0) is 20.8 Å². The van der Waals surface area contributed by atoms with E-state index < -0.39 is 41.4 Å². The van der Waals surface area contributed by atoms with Gasteiger partial charge in [0.2, 0.25) is 11.7 Å². The lowest BCUT2D eigenvalue weighted by atomic mass is 9.91. The zero-order valence-corrected chi connectivity index (χ0v) is 22.8. The lowest BCUT2D eigenvalue weighted by Crippen LogP contribution is -2.58. The second-order valence-electron chi connectivity index (χ2n) is 10.8. The summed E-state index contributed by atoms with van der Waals surface area (Å²) in [4.78, 5) is 55.1. The maximum Gasteiger partial charge on any atom is 0.409 e. The summed E-state index contributed by atoms with van der Waals surface area (Å²) in [5, 5.41) is 16.9. The predicted octanol–water partition coefficient (Wildman–Crippen LogP) is 4.10. The molecular weight excluding hydrogens is 488 g/mol. The van der Waals surface area contributed by atoms with Crippen molar-refractivity contribution in [2.75, 3.05) is 6.54 Å². The number of carboxylic acid groups (broad SMARTS) is 1. The molecular formula is C28H38N4O6. The molecule has 10 heteroatoms. The van der Waals surface area contributed by atoms with Crippen molar-refractivity contribution in [1.82, 2.24) is 20.3 Å². The van der Waals surface area contributed by atoms with Gasteiger partial charge in [-0.15, -0.1) is 0 Å². The summed E-state index contributed by atoms with van der Waals surface area (Å²) < 4.78 is 5.20. The summed E-state index contributed by atoms with van der Waals surface area (Å²) in [6.45, 7) is 9.64. The number of amides is 3. The van der Waals surface area contributed by atoms with Crippen LogP contribution in [0.15, 0.2) is 40.9 Å². The number of hydrogen-bond donors (Lipinski definition) is 2. The normalized spacial score (nSPS) is 18.0. The zero-order valence-electron chi connectivity index (χ0n) is 22.8. The maximum absolute atomic E-state index is 13.5. The number of likely N-dealkylation sites (tertiary alicyclic amines) is 1. The van der Waals surface area contributed by atoms with Gasteiger partial charge in [-0.25, -0.2) is 4.79 Å². The number of unbranched alkanes of at least 4 members (excludes halogenated alkanes) is 1. The first-order valence-corrected chi connectivity index (χ1v) is 13.1. The smallest absolute Gasteiger partial charge is 0.409 e. The number of benzene rings is 1. The molecule has 10 nitrogen and oxygen atoms in total. The van der Waals surface area contributed by atoms with Crippen molar-refractivity contribution in [3.05, 3.63) is 53.4 Å². The summed E-state index contributed by atoms with van der Waals surface area (Å²) in [6, 6.07) is 9.21. The molecule has 3 rings (SSSR count). The van der Waals surface area contributed by atoms with E-state index in [-0.39, 0.29) is 18.7 Å². The predicted molar refractivity (Wildman–Crippen MR) is 140 cm³/mol. The number of nitrogens with one attached hydrogen (secondary N) is 1. The van der Waals surface area contributed by atoms with Gasteiger partial charge in [-0.3, -0.25) is 19.3 Å². The number of Topliss-reactive ketones (excluding diaryl/α,β-unsaturated/α-hetero) is 1. The molecule has 38 heavy (non-hydrogen) atoms. The average Bonchev–Trinajstić information content (AvgIpc) is 3.42. The molecule has 2 unspecified atom stereocenters. The van der Waals surface area contributed by atoms with Gasteiger partial charge in [0.25, 0.3) is 5.91 Å². The third-order valence-electron chi connectivity index (χ3n) is 6.90. The highest BCUT2D eigenvalue weighted by molar-refractivity contribution is 6.38. The number of carbonyl (C=O) groups excluding carboxylic acids is 3. The molecule has 1 fully saturated rings. The van der Waals surface area contributed by atoms with Crippen LogP contribution in [0, 0.1) is 12.3 Å². The van der Waals surface area contributed by atoms with E-state index in [2.05, 4.69) is 10.5 Å². The first kappa shape index (κ1) is 28.9. The minimum Gasteiger partial charge on any atom is -0.465 e. The van der Waals surface area contributed by atoms with Gasteiger partial charge in [-0.05, 0) is 37.7 Å². The lowest BCUT2D eigenvalue weighted by molar-refractivity contribution is -0.144. The summed E-state index contributed by atoms with van der Waals surface area (Å²) in [6.07, 6.45) is -0.563. The summed E-state index contributed by atoms with van der Waals surface area (Å²) in [5.41, 5.74) is 1.07. The van der Waals surface area contributed by atoms with Crippen LogP contribution in [0.4, 0.5) is 4.79 Å². The maximum atomic E-state index is 13.5. The number of carbonyl (C=O) groups is 4. The molecule has 2 N–H and O–H groups in total. The largest absolute Gasteiger partial charge is 0.465 e. The van der Waals surface area contributed by atoms with Crippen LogP contribution in [0.25, 0.3) is 0 Å². The van der Waals surface area contributed by atoms with Crippen molar-refractivity contribution >= 4 is 23.7 Å². The van der Waals surface area contributed by atoms with Crippen molar-refractivity contribution in [3.63, 3.8) is 0 Å². The van der Waals surface area contributed by atoms with Crippen LogP contribution in [-0.4, -0.2) is 62.5 Å². The van der Waals surface area contributed by atoms with Gasteiger partial charge >= 0.3 is 6.09 Å². The van der Waals surface area contributed by atoms with Gasteiger partial charge in [-0.1, -0.05) is 69.1 Å². The van der Waals surface area contributed by atoms with Crippen molar-refractivity contribution in [2.45, 2.75) is 85.0 Å². The second kappa shape index (κ2) is 12.2. The van der Waals surface area contributed by atoms with Crippen molar-refractivity contribution in [3.8, 4) is 0 Å². The van der Waals surface area contributed by atoms with Crippen molar-refractivity contribution in [1.29, 1.82) is 0 Å². The van der Waals surface area contributed by atoms with E-state index in [1.807, 2.05) is 51.1 Å². The van der Waals surface area contributed by atoms with Crippen LogP contribution in [0.3, 0.4) is 0 Å². The van der Waals surface area contributed by atoms with Crippen LogP contribution in [0.1, 0.15) is 76.4 Å². The Morgan fingerprint density at radius 2 is 1.92 bits per heavy atom. The Morgan fingerprint density at radius 1 is 1.24 bits per heavy atom. The number of aromatic nitrogens is 1. The fourth-order valence-electron chi connectivity index (χ4n) is 5.00. The number of nitrogens with zero attached hydrogens (tertiary/aromatic N) is 3. The third-order valence-corrected chi connectivity index (χ3v) is 6.90. The Kier molecular flexibility index (Phi) is 9.30. The molecule has 3 amide bonds. The number of ketones is 1. The average molecular weight is 527 g/mol. The highest BCUT2D eigenvalue weighted by atomic mass is 16.5. The molecule has 2 heterocycles. The first-order valence-electron chi connectivity index (χ1n) is 13.1. The molecule has 206 valence electrons. The van der Waals surface area contributed by atoms with Gasteiger partial charge in [0.05, 0.1) is 18.2 Å². The summed E-state index contributed by atoms with van der Waals surface area (Å²) in [5.74, 6) is -1.62. The molecule has 1 aromatic heterocycles. The number of rotatable bonds is 11. The van der Waals surface area contributed by atoms with Crippen molar-refractivity contribution in [2.24, 2.45) is 5.41 Å². The van der Waals surface area contributed by atoms with Gasteiger partial charge in [0, 0.05) is 12.6 Å². The lowest BCUT2D eigenvalue weighted by Gasteiger charge is -2.37. The molecule has 0 saturated carbocycles. The molecule has 0 aliphatic carbocycles. The third kappa shape index (κ3) is 6.99. The molecule has 1 aromatic carbocycles. The van der Waals surface area contributed by atoms with Gasteiger partial charge in [-0.2, -0.15) is 0 Å². The van der Waals surface area contributed by atoms with E-state index in [0.717, 1.165) is 10.5 Å². The van der Waals surface area contributed by atoms with Crippen LogP contribution in [0.2, 0.25) is 0 Å². The minimum absolute atomic E-state index is 0.0798. The van der Waals surface area contributed by atoms with Crippen LogP contribution in [0.5, 0.6) is 0 Å². The molecule has 1 saturated heterocycles. The molecule has 3 atom stereocenters. The Morgan fingerprint density at radius 3 is 2.50 bits per heavy atom. The van der Waals surface area contributed by atoms with E-state index >= 15 is 0 Å². The Bertz CT molecular complexity index is 1150. The SMILES string of the molecule is CCCCC(C(=O)C(=O)N[C@H](C)c1ccccc1)N(C(=O)O)C1CC(C)(C)CN1C(=O)Cc1cc(C)no1. The quantitative estimate of drug-likeness (QED) is 0.421.